The lowest BCUT2D eigenvalue weighted by Gasteiger charge is -2.29. The second-order valence-corrected chi connectivity index (χ2v) is 9.57. The van der Waals surface area contributed by atoms with Crippen LogP contribution >= 0.6 is 11.3 Å². The smallest absolute Gasteiger partial charge is 0.208 e. The maximum Gasteiger partial charge on any atom is 0.208 e. The summed E-state index contributed by atoms with van der Waals surface area (Å²) < 4.78 is 25.0. The second-order valence-electron chi connectivity index (χ2n) is 6.95. The molecule has 5 nitrogen and oxygen atoms in total. The van der Waals surface area contributed by atoms with E-state index < -0.39 is 10.0 Å². The molecule has 2 N–H and O–H groups in total. The fourth-order valence-corrected chi connectivity index (χ4v) is 4.98. The molecule has 1 unspecified atom stereocenters. The highest BCUT2D eigenvalue weighted by atomic mass is 32.2. The normalized spacial score (nSPS) is 23.5. The van der Waals surface area contributed by atoms with Crippen molar-refractivity contribution in [2.75, 3.05) is 32.4 Å². The van der Waals surface area contributed by atoms with Gasteiger partial charge in [-0.2, -0.15) is 11.3 Å². The SMILES string of the molecule is CS(=O)(=O)NCCCN(Cc1ccsc1)C1CC12CCNCC2. The van der Waals surface area contributed by atoms with Crippen LogP contribution < -0.4 is 10.0 Å². The molecule has 0 amide bonds. The summed E-state index contributed by atoms with van der Waals surface area (Å²) >= 11 is 1.74. The Hall–Kier alpha value is -0.470. The molecular weight excluding hydrogens is 330 g/mol. The van der Waals surface area contributed by atoms with Gasteiger partial charge < -0.3 is 5.32 Å². The Bertz CT molecular complexity index is 595. The van der Waals surface area contributed by atoms with Gasteiger partial charge in [0, 0.05) is 25.7 Å². The van der Waals surface area contributed by atoms with Gasteiger partial charge >= 0.3 is 0 Å². The van der Waals surface area contributed by atoms with Gasteiger partial charge in [-0.15, -0.1) is 0 Å². The van der Waals surface area contributed by atoms with Gasteiger partial charge in [0.25, 0.3) is 0 Å². The molecule has 1 saturated carbocycles. The van der Waals surface area contributed by atoms with Crippen LogP contribution in [0, 0.1) is 5.41 Å². The highest BCUT2D eigenvalue weighted by Gasteiger charge is 2.56. The number of piperidine rings is 1. The van der Waals surface area contributed by atoms with Crippen LogP contribution in [0.25, 0.3) is 0 Å². The predicted molar refractivity (Wildman–Crippen MR) is 95.1 cm³/mol. The van der Waals surface area contributed by atoms with Gasteiger partial charge in [0.15, 0.2) is 0 Å². The van der Waals surface area contributed by atoms with Gasteiger partial charge in [-0.1, -0.05) is 0 Å². The lowest BCUT2D eigenvalue weighted by atomic mass is 9.93. The Kier molecular flexibility index (Phi) is 5.42. The highest BCUT2D eigenvalue weighted by Crippen LogP contribution is 2.56. The van der Waals surface area contributed by atoms with Crippen molar-refractivity contribution >= 4 is 21.4 Å². The summed E-state index contributed by atoms with van der Waals surface area (Å²) in [5.41, 5.74) is 1.90. The monoisotopic (exact) mass is 357 g/mol. The molecule has 1 atom stereocenters. The molecule has 1 spiro atoms. The van der Waals surface area contributed by atoms with Crippen molar-refractivity contribution in [2.24, 2.45) is 5.41 Å². The van der Waals surface area contributed by atoms with Crippen molar-refractivity contribution in [3.8, 4) is 0 Å². The van der Waals surface area contributed by atoms with E-state index >= 15 is 0 Å². The van der Waals surface area contributed by atoms with E-state index in [0.29, 0.717) is 18.0 Å². The third-order valence-electron chi connectivity index (χ3n) is 5.14. The van der Waals surface area contributed by atoms with Crippen LogP contribution in [0.3, 0.4) is 0 Å². The molecule has 2 heterocycles. The van der Waals surface area contributed by atoms with Gasteiger partial charge in [0.2, 0.25) is 10.0 Å². The molecule has 1 aliphatic carbocycles. The van der Waals surface area contributed by atoms with E-state index in [1.165, 1.54) is 31.1 Å². The molecule has 23 heavy (non-hydrogen) atoms. The van der Waals surface area contributed by atoms with E-state index in [4.69, 9.17) is 0 Å². The summed E-state index contributed by atoms with van der Waals surface area (Å²) in [6, 6.07) is 2.87. The van der Waals surface area contributed by atoms with Gasteiger partial charge in [-0.05, 0) is 66.6 Å². The molecule has 130 valence electrons. The average Bonchev–Trinajstić information content (AvgIpc) is 2.95. The van der Waals surface area contributed by atoms with E-state index in [0.717, 1.165) is 32.6 Å². The van der Waals surface area contributed by atoms with Crippen molar-refractivity contribution in [3.63, 3.8) is 0 Å². The minimum Gasteiger partial charge on any atom is -0.317 e. The molecule has 0 bridgehead atoms. The second kappa shape index (κ2) is 7.19. The van der Waals surface area contributed by atoms with Crippen molar-refractivity contribution in [1.29, 1.82) is 0 Å². The molecule has 7 heteroatoms. The molecule has 1 saturated heterocycles. The first-order valence-corrected chi connectivity index (χ1v) is 11.2. The Balaban J connectivity index is 1.56. The standard InChI is InChI=1S/C16H27N3O2S2/c1-23(20,21)18-6-2-9-19(12-14-3-10-22-13-14)15-11-16(15)4-7-17-8-5-16/h3,10,13,15,17-18H,2,4-9,11-12H2,1H3. The van der Waals surface area contributed by atoms with E-state index in [-0.39, 0.29) is 0 Å². The van der Waals surface area contributed by atoms with Crippen molar-refractivity contribution in [2.45, 2.75) is 38.3 Å². The quantitative estimate of drug-likeness (QED) is 0.694. The molecule has 2 aliphatic rings. The number of nitrogens with one attached hydrogen (secondary N) is 2. The van der Waals surface area contributed by atoms with E-state index in [1.54, 1.807) is 11.3 Å². The molecule has 1 aromatic heterocycles. The molecule has 1 aliphatic heterocycles. The number of thiophene rings is 1. The van der Waals surface area contributed by atoms with Crippen molar-refractivity contribution in [1.82, 2.24) is 14.9 Å². The maximum absolute atomic E-state index is 11.2. The van der Waals surface area contributed by atoms with Crippen LogP contribution in [0.1, 0.15) is 31.2 Å². The van der Waals surface area contributed by atoms with Crippen LogP contribution in [0.4, 0.5) is 0 Å². The Labute approximate surface area is 143 Å². The first-order chi connectivity index (χ1) is 11.0. The van der Waals surface area contributed by atoms with Crippen LogP contribution in [0.2, 0.25) is 0 Å². The molecule has 0 aromatic carbocycles. The van der Waals surface area contributed by atoms with Crippen LogP contribution in [-0.4, -0.2) is 51.8 Å². The first-order valence-electron chi connectivity index (χ1n) is 8.39. The lowest BCUT2D eigenvalue weighted by molar-refractivity contribution is 0.194. The number of nitrogens with zero attached hydrogens (tertiary/aromatic N) is 1. The summed E-state index contributed by atoms with van der Waals surface area (Å²) in [7, 11) is -3.08. The summed E-state index contributed by atoms with van der Waals surface area (Å²) in [5, 5.41) is 7.81. The number of hydrogen-bond donors (Lipinski definition) is 2. The van der Waals surface area contributed by atoms with Crippen molar-refractivity contribution < 1.29 is 8.42 Å². The summed E-state index contributed by atoms with van der Waals surface area (Å²) in [5.74, 6) is 0. The highest BCUT2D eigenvalue weighted by molar-refractivity contribution is 7.88. The Morgan fingerprint density at radius 1 is 1.43 bits per heavy atom. The van der Waals surface area contributed by atoms with Crippen molar-refractivity contribution in [3.05, 3.63) is 22.4 Å². The first kappa shape index (κ1) is 17.4. The molecule has 3 rings (SSSR count). The van der Waals surface area contributed by atoms with E-state index in [2.05, 4.69) is 31.8 Å². The third-order valence-corrected chi connectivity index (χ3v) is 6.60. The number of rotatable bonds is 8. The maximum atomic E-state index is 11.2. The average molecular weight is 358 g/mol. The molecule has 2 fully saturated rings. The molecule has 0 radical (unpaired) electrons. The zero-order valence-corrected chi connectivity index (χ0v) is 15.4. The predicted octanol–water partition coefficient (Wildman–Crippen LogP) is 1.63. The van der Waals surface area contributed by atoms with Crippen LogP contribution in [0.5, 0.6) is 0 Å². The van der Waals surface area contributed by atoms with E-state index in [1.807, 2.05) is 0 Å². The molecule has 1 aromatic rings. The topological polar surface area (TPSA) is 61.4 Å². The third kappa shape index (κ3) is 4.76. The summed E-state index contributed by atoms with van der Waals surface area (Å²) in [4.78, 5) is 2.58. The van der Waals surface area contributed by atoms with Crippen LogP contribution in [-0.2, 0) is 16.6 Å². The van der Waals surface area contributed by atoms with Gasteiger partial charge in [-0.25, -0.2) is 13.1 Å². The zero-order valence-electron chi connectivity index (χ0n) is 13.8. The number of hydrogen-bond acceptors (Lipinski definition) is 5. The lowest BCUT2D eigenvalue weighted by Crippen LogP contribution is -2.37. The zero-order chi connectivity index (χ0) is 16.3. The Morgan fingerprint density at radius 2 is 2.22 bits per heavy atom. The van der Waals surface area contributed by atoms with Crippen LogP contribution in [0.15, 0.2) is 16.8 Å². The number of sulfonamides is 1. The van der Waals surface area contributed by atoms with E-state index in [9.17, 15) is 8.42 Å². The summed E-state index contributed by atoms with van der Waals surface area (Å²) in [6.07, 6.45) is 5.94. The molecular formula is C16H27N3O2S2. The van der Waals surface area contributed by atoms with Gasteiger partial charge in [-0.3, -0.25) is 4.90 Å². The largest absolute Gasteiger partial charge is 0.317 e. The fourth-order valence-electron chi connectivity index (χ4n) is 3.81. The fraction of sp³-hybridized carbons (Fsp3) is 0.750. The minimum atomic E-state index is -3.08. The van der Waals surface area contributed by atoms with Gasteiger partial charge in [0.05, 0.1) is 6.26 Å². The Morgan fingerprint density at radius 3 is 2.87 bits per heavy atom. The minimum absolute atomic E-state index is 0.519. The van der Waals surface area contributed by atoms with Gasteiger partial charge in [0.1, 0.15) is 0 Å². The summed E-state index contributed by atoms with van der Waals surface area (Å²) in [6.45, 7) is 4.75.